The second-order valence-corrected chi connectivity index (χ2v) is 4.41. The molecule has 20 heavy (non-hydrogen) atoms. The minimum absolute atomic E-state index is 0.0445. The van der Waals surface area contributed by atoms with E-state index in [1.54, 1.807) is 24.3 Å². The third-order valence-electron chi connectivity index (χ3n) is 3.12. The molecule has 0 unspecified atom stereocenters. The lowest BCUT2D eigenvalue weighted by Gasteiger charge is -2.00. The Morgan fingerprint density at radius 2 is 1.65 bits per heavy atom. The molecule has 0 saturated heterocycles. The molecule has 1 aliphatic rings. The number of nitrogens with zero attached hydrogens (tertiary/aromatic N) is 1. The van der Waals surface area contributed by atoms with E-state index in [4.69, 9.17) is 0 Å². The van der Waals surface area contributed by atoms with Gasteiger partial charge in [-0.05, 0) is 29.8 Å². The summed E-state index contributed by atoms with van der Waals surface area (Å²) in [7, 11) is 0. The Kier molecular flexibility index (Phi) is 2.80. The quantitative estimate of drug-likeness (QED) is 0.671. The summed E-state index contributed by atoms with van der Waals surface area (Å²) in [6, 6.07) is 13.5. The van der Waals surface area contributed by atoms with Crippen LogP contribution in [-0.4, -0.2) is 10.8 Å². The molecule has 0 spiro atoms. The fraction of sp³-hybridized carbons (Fsp3) is 0. The summed E-state index contributed by atoms with van der Waals surface area (Å²) in [4.78, 5) is 21.9. The van der Waals surface area contributed by atoms with Gasteiger partial charge in [-0.15, -0.1) is 0 Å². The lowest BCUT2D eigenvalue weighted by atomic mass is 10.1. The van der Waals surface area contributed by atoms with E-state index in [0.717, 1.165) is 11.1 Å². The number of carbonyl (C=O) groups excluding carboxylic acids is 1. The molecule has 1 amide bonds. The van der Waals surface area contributed by atoms with Crippen LogP contribution >= 0.6 is 0 Å². The number of fused-ring (bicyclic) bond motifs is 1. The second-order valence-electron chi connectivity index (χ2n) is 4.41. The SMILES string of the molecule is O=C1N/C(=C\c2ccc([N+](=O)[O-])cc2)c2ccccc21. The number of nitro groups is 1. The largest absolute Gasteiger partial charge is 0.321 e. The van der Waals surface area contributed by atoms with E-state index in [2.05, 4.69) is 5.32 Å². The van der Waals surface area contributed by atoms with E-state index in [-0.39, 0.29) is 11.6 Å². The fourth-order valence-corrected chi connectivity index (χ4v) is 2.15. The Morgan fingerprint density at radius 1 is 1.00 bits per heavy atom. The van der Waals surface area contributed by atoms with Crippen molar-refractivity contribution in [1.82, 2.24) is 5.32 Å². The molecular weight excluding hydrogens is 256 g/mol. The summed E-state index contributed by atoms with van der Waals surface area (Å²) < 4.78 is 0. The fourth-order valence-electron chi connectivity index (χ4n) is 2.15. The molecule has 2 aromatic rings. The van der Waals surface area contributed by atoms with Crippen LogP contribution in [0, 0.1) is 10.1 Å². The highest BCUT2D eigenvalue weighted by Crippen LogP contribution is 2.26. The van der Waals surface area contributed by atoms with E-state index in [1.165, 1.54) is 12.1 Å². The number of hydrogen-bond donors (Lipinski definition) is 1. The van der Waals surface area contributed by atoms with E-state index in [0.29, 0.717) is 11.3 Å². The predicted octanol–water partition coefficient (Wildman–Crippen LogP) is 2.84. The number of nitro benzene ring substituents is 1. The lowest BCUT2D eigenvalue weighted by Crippen LogP contribution is -2.11. The molecule has 0 saturated carbocycles. The molecule has 1 N–H and O–H groups in total. The van der Waals surface area contributed by atoms with Gasteiger partial charge in [-0.2, -0.15) is 0 Å². The Labute approximate surface area is 114 Å². The third kappa shape index (κ3) is 2.05. The zero-order valence-corrected chi connectivity index (χ0v) is 10.4. The number of hydrogen-bond acceptors (Lipinski definition) is 3. The number of benzene rings is 2. The summed E-state index contributed by atoms with van der Waals surface area (Å²) in [5, 5.41) is 13.4. The van der Waals surface area contributed by atoms with Gasteiger partial charge >= 0.3 is 0 Å². The Balaban J connectivity index is 1.98. The van der Waals surface area contributed by atoms with Crippen molar-refractivity contribution in [2.45, 2.75) is 0 Å². The molecular formula is C15H10N2O3. The predicted molar refractivity (Wildman–Crippen MR) is 74.9 cm³/mol. The van der Waals surface area contributed by atoms with Crippen molar-refractivity contribution in [2.24, 2.45) is 0 Å². The summed E-state index contributed by atoms with van der Waals surface area (Å²) in [6.07, 6.45) is 1.80. The molecule has 0 bridgehead atoms. The molecule has 5 nitrogen and oxygen atoms in total. The van der Waals surface area contributed by atoms with Gasteiger partial charge in [0.1, 0.15) is 0 Å². The van der Waals surface area contributed by atoms with Crippen LogP contribution in [0.1, 0.15) is 21.5 Å². The van der Waals surface area contributed by atoms with Crippen molar-refractivity contribution in [2.75, 3.05) is 0 Å². The van der Waals surface area contributed by atoms with E-state index < -0.39 is 4.92 Å². The first-order valence-electron chi connectivity index (χ1n) is 6.02. The Hall–Kier alpha value is -2.95. The van der Waals surface area contributed by atoms with Crippen LogP contribution in [0.15, 0.2) is 48.5 Å². The van der Waals surface area contributed by atoms with Crippen LogP contribution < -0.4 is 5.32 Å². The number of rotatable bonds is 2. The number of carbonyl (C=O) groups is 1. The van der Waals surface area contributed by atoms with Crippen LogP contribution in [0.2, 0.25) is 0 Å². The highest BCUT2D eigenvalue weighted by Gasteiger charge is 2.22. The summed E-state index contributed by atoms with van der Waals surface area (Å²) in [6.45, 7) is 0. The van der Waals surface area contributed by atoms with E-state index >= 15 is 0 Å². The maximum atomic E-state index is 11.8. The smallest absolute Gasteiger partial charge is 0.269 e. The number of nitrogens with one attached hydrogen (secondary N) is 1. The minimum atomic E-state index is -0.441. The van der Waals surface area contributed by atoms with E-state index in [9.17, 15) is 14.9 Å². The van der Waals surface area contributed by atoms with Gasteiger partial charge in [0.15, 0.2) is 0 Å². The molecule has 1 aliphatic heterocycles. The van der Waals surface area contributed by atoms with Crippen molar-refractivity contribution in [1.29, 1.82) is 0 Å². The van der Waals surface area contributed by atoms with Gasteiger partial charge in [0.25, 0.3) is 11.6 Å². The molecule has 0 radical (unpaired) electrons. The van der Waals surface area contributed by atoms with Crippen molar-refractivity contribution in [3.8, 4) is 0 Å². The molecule has 0 aliphatic carbocycles. The highest BCUT2D eigenvalue weighted by atomic mass is 16.6. The average Bonchev–Trinajstić information content (AvgIpc) is 2.77. The standard InChI is InChI=1S/C15H10N2O3/c18-15-13-4-2-1-3-12(13)14(16-15)9-10-5-7-11(8-6-10)17(19)20/h1-9H,(H,16,18)/b14-9-. The number of amides is 1. The molecule has 2 aromatic carbocycles. The zero-order chi connectivity index (χ0) is 14.1. The maximum Gasteiger partial charge on any atom is 0.269 e. The summed E-state index contributed by atoms with van der Waals surface area (Å²) in [5.41, 5.74) is 3.03. The van der Waals surface area contributed by atoms with Crippen LogP contribution in [-0.2, 0) is 0 Å². The van der Waals surface area contributed by atoms with Crippen molar-refractivity contribution >= 4 is 23.4 Å². The van der Waals surface area contributed by atoms with Gasteiger partial charge in [0.2, 0.25) is 0 Å². The summed E-state index contributed by atoms with van der Waals surface area (Å²) in [5.74, 6) is -0.131. The first-order chi connectivity index (χ1) is 9.65. The van der Waals surface area contributed by atoms with Crippen LogP contribution in [0.4, 0.5) is 5.69 Å². The molecule has 98 valence electrons. The monoisotopic (exact) mass is 266 g/mol. The first-order valence-corrected chi connectivity index (χ1v) is 6.02. The van der Waals surface area contributed by atoms with Crippen LogP contribution in [0.25, 0.3) is 11.8 Å². The molecule has 1 heterocycles. The van der Waals surface area contributed by atoms with Crippen LogP contribution in [0.5, 0.6) is 0 Å². The zero-order valence-electron chi connectivity index (χ0n) is 10.4. The van der Waals surface area contributed by atoms with Gasteiger partial charge in [0.05, 0.1) is 4.92 Å². The van der Waals surface area contributed by atoms with Gasteiger partial charge in [-0.25, -0.2) is 0 Å². The van der Waals surface area contributed by atoms with Gasteiger partial charge < -0.3 is 5.32 Å². The molecule has 0 fully saturated rings. The van der Waals surface area contributed by atoms with Crippen molar-refractivity contribution in [3.63, 3.8) is 0 Å². The molecule has 5 heteroatoms. The van der Waals surface area contributed by atoms with Gasteiger partial charge in [-0.3, -0.25) is 14.9 Å². The van der Waals surface area contributed by atoms with Crippen LogP contribution in [0.3, 0.4) is 0 Å². The Bertz CT molecular complexity index is 733. The average molecular weight is 266 g/mol. The van der Waals surface area contributed by atoms with Gasteiger partial charge in [-0.1, -0.05) is 18.2 Å². The Morgan fingerprint density at radius 3 is 2.30 bits per heavy atom. The first kappa shape index (κ1) is 12.1. The molecule has 0 atom stereocenters. The van der Waals surface area contributed by atoms with Gasteiger partial charge in [0, 0.05) is 29.0 Å². The maximum absolute atomic E-state index is 11.8. The number of non-ortho nitro benzene ring substituents is 1. The van der Waals surface area contributed by atoms with Crippen molar-refractivity contribution < 1.29 is 9.72 Å². The summed E-state index contributed by atoms with van der Waals surface area (Å²) >= 11 is 0. The van der Waals surface area contributed by atoms with E-state index in [1.807, 2.05) is 18.2 Å². The third-order valence-corrected chi connectivity index (χ3v) is 3.12. The highest BCUT2D eigenvalue weighted by molar-refractivity contribution is 6.11. The lowest BCUT2D eigenvalue weighted by molar-refractivity contribution is -0.384. The normalized spacial score (nSPS) is 15.0. The molecule has 0 aromatic heterocycles. The van der Waals surface area contributed by atoms with Crippen molar-refractivity contribution in [3.05, 3.63) is 75.3 Å². The second kappa shape index (κ2) is 4.62. The minimum Gasteiger partial charge on any atom is -0.321 e. The molecule has 3 rings (SSSR count). The topological polar surface area (TPSA) is 72.2 Å².